The van der Waals surface area contributed by atoms with Crippen molar-refractivity contribution in [1.29, 1.82) is 0 Å². The third kappa shape index (κ3) is 2.97. The van der Waals surface area contributed by atoms with E-state index in [9.17, 15) is 9.18 Å². The molecule has 0 bridgehead atoms. The van der Waals surface area contributed by atoms with Gasteiger partial charge in [-0.25, -0.2) is 4.39 Å². The van der Waals surface area contributed by atoms with Crippen molar-refractivity contribution in [3.8, 4) is 0 Å². The first-order valence-corrected chi connectivity index (χ1v) is 7.86. The van der Waals surface area contributed by atoms with Crippen molar-refractivity contribution >= 4 is 17.7 Å². The van der Waals surface area contributed by atoms with Crippen molar-refractivity contribution in [2.45, 2.75) is 12.1 Å². The summed E-state index contributed by atoms with van der Waals surface area (Å²) in [4.78, 5) is 14.2. The summed E-state index contributed by atoms with van der Waals surface area (Å²) in [5.41, 5.74) is 0.914. The Morgan fingerprint density at radius 3 is 2.90 bits per heavy atom. The predicted octanol–water partition coefficient (Wildman–Crippen LogP) is 1.39. The second-order valence-corrected chi connectivity index (χ2v) is 6.00. The summed E-state index contributed by atoms with van der Waals surface area (Å²) >= 11 is 1.74. The molecule has 2 heterocycles. The summed E-state index contributed by atoms with van der Waals surface area (Å²) in [5.74, 6) is 1.55. The van der Waals surface area contributed by atoms with Crippen molar-refractivity contribution in [3.63, 3.8) is 0 Å². The fraction of sp³-hybridized carbons (Fsp3) is 0.500. The first kappa shape index (κ1) is 13.9. The van der Waals surface area contributed by atoms with Crippen LogP contribution in [-0.2, 0) is 9.53 Å². The summed E-state index contributed by atoms with van der Waals surface area (Å²) in [6, 6.07) is 6.21. The van der Waals surface area contributed by atoms with Gasteiger partial charge in [-0.3, -0.25) is 10.1 Å². The number of ether oxygens (including phenoxy) is 1. The topological polar surface area (TPSA) is 41.6 Å². The Labute approximate surface area is 121 Å². The zero-order chi connectivity index (χ0) is 13.9. The van der Waals surface area contributed by atoms with Crippen LogP contribution in [0, 0.1) is 5.82 Å². The van der Waals surface area contributed by atoms with E-state index in [-0.39, 0.29) is 23.9 Å². The summed E-state index contributed by atoms with van der Waals surface area (Å²) in [7, 11) is 0. The smallest absolute Gasteiger partial charge is 0.240 e. The molecule has 0 aromatic heterocycles. The largest absolute Gasteiger partial charge is 0.370 e. The van der Waals surface area contributed by atoms with Crippen LogP contribution in [-0.4, -0.2) is 48.2 Å². The van der Waals surface area contributed by atoms with Gasteiger partial charge < -0.3 is 9.64 Å². The van der Waals surface area contributed by atoms with E-state index in [0.29, 0.717) is 19.7 Å². The van der Waals surface area contributed by atoms with Crippen LogP contribution < -0.4 is 5.32 Å². The maximum atomic E-state index is 12.9. The van der Waals surface area contributed by atoms with Gasteiger partial charge >= 0.3 is 0 Å². The van der Waals surface area contributed by atoms with Gasteiger partial charge in [-0.1, -0.05) is 12.1 Å². The van der Waals surface area contributed by atoms with Crippen LogP contribution in [0.15, 0.2) is 24.3 Å². The maximum absolute atomic E-state index is 12.9. The molecule has 2 fully saturated rings. The molecule has 6 heteroatoms. The highest BCUT2D eigenvalue weighted by atomic mass is 32.2. The third-order valence-electron chi connectivity index (χ3n) is 3.63. The number of hydrogen-bond acceptors (Lipinski definition) is 4. The van der Waals surface area contributed by atoms with Gasteiger partial charge in [0.05, 0.1) is 19.2 Å². The normalized spacial score (nSPS) is 26.8. The number of hydrogen-bond donors (Lipinski definition) is 1. The molecule has 1 aromatic carbocycles. The highest BCUT2D eigenvalue weighted by molar-refractivity contribution is 7.99. The van der Waals surface area contributed by atoms with Gasteiger partial charge in [0.15, 0.2) is 0 Å². The standard InChI is InChI=1S/C14H17FN2O2S/c15-11-3-1-10(2-4-11)13-7-17(5-6-19-13)14(18)12-8-20-9-16-12/h1-4,12-13,16H,5-9H2. The number of nitrogens with one attached hydrogen (secondary N) is 1. The molecule has 20 heavy (non-hydrogen) atoms. The third-order valence-corrected chi connectivity index (χ3v) is 4.57. The lowest BCUT2D eigenvalue weighted by molar-refractivity contribution is -0.140. The van der Waals surface area contributed by atoms with Crippen molar-refractivity contribution in [2.75, 3.05) is 31.3 Å². The van der Waals surface area contributed by atoms with Crippen molar-refractivity contribution in [3.05, 3.63) is 35.6 Å². The van der Waals surface area contributed by atoms with Gasteiger partial charge in [-0.05, 0) is 17.7 Å². The lowest BCUT2D eigenvalue weighted by atomic mass is 10.1. The quantitative estimate of drug-likeness (QED) is 0.895. The molecule has 4 nitrogen and oxygen atoms in total. The predicted molar refractivity (Wildman–Crippen MR) is 75.9 cm³/mol. The Kier molecular flexibility index (Phi) is 4.24. The SMILES string of the molecule is O=C(C1CSCN1)N1CCOC(c2ccc(F)cc2)C1. The number of thioether (sulfide) groups is 1. The fourth-order valence-corrected chi connectivity index (χ4v) is 3.44. The van der Waals surface area contributed by atoms with Gasteiger partial charge in [0.2, 0.25) is 5.91 Å². The minimum Gasteiger partial charge on any atom is -0.370 e. The van der Waals surface area contributed by atoms with Crippen LogP contribution in [0.5, 0.6) is 0 Å². The Morgan fingerprint density at radius 2 is 2.20 bits per heavy atom. The summed E-state index contributed by atoms with van der Waals surface area (Å²) < 4.78 is 18.7. The summed E-state index contributed by atoms with van der Waals surface area (Å²) in [6.07, 6.45) is -0.164. The highest BCUT2D eigenvalue weighted by Crippen LogP contribution is 2.23. The van der Waals surface area contributed by atoms with E-state index in [1.54, 1.807) is 23.9 Å². The number of morpholine rings is 1. The number of carbonyl (C=O) groups excluding carboxylic acids is 1. The van der Waals surface area contributed by atoms with Gasteiger partial charge in [0, 0.05) is 18.2 Å². The van der Waals surface area contributed by atoms with Crippen LogP contribution in [0.2, 0.25) is 0 Å². The summed E-state index contributed by atoms with van der Waals surface area (Å²) in [5, 5.41) is 3.20. The van der Waals surface area contributed by atoms with Crippen LogP contribution in [0.3, 0.4) is 0 Å². The molecule has 1 amide bonds. The Morgan fingerprint density at radius 1 is 1.40 bits per heavy atom. The molecule has 1 N–H and O–H groups in total. The number of carbonyl (C=O) groups is 1. The molecule has 2 aliphatic heterocycles. The molecule has 2 unspecified atom stereocenters. The summed E-state index contributed by atoms with van der Waals surface area (Å²) in [6.45, 7) is 1.68. The Hall–Kier alpha value is -1.11. The first-order chi connectivity index (χ1) is 9.74. The molecule has 2 atom stereocenters. The van der Waals surface area contributed by atoms with Gasteiger partial charge in [-0.2, -0.15) is 0 Å². The zero-order valence-corrected chi connectivity index (χ0v) is 11.9. The van der Waals surface area contributed by atoms with E-state index in [2.05, 4.69) is 5.32 Å². The molecule has 2 saturated heterocycles. The van der Waals surface area contributed by atoms with E-state index >= 15 is 0 Å². The minimum absolute atomic E-state index is 0.0769. The number of benzene rings is 1. The van der Waals surface area contributed by atoms with E-state index in [4.69, 9.17) is 4.74 Å². The fourth-order valence-electron chi connectivity index (χ4n) is 2.50. The van der Waals surface area contributed by atoms with Crippen LogP contribution in [0.25, 0.3) is 0 Å². The van der Waals surface area contributed by atoms with E-state index in [1.165, 1.54) is 12.1 Å². The molecule has 1 aromatic rings. The monoisotopic (exact) mass is 296 g/mol. The van der Waals surface area contributed by atoms with Crippen LogP contribution in [0.4, 0.5) is 4.39 Å². The van der Waals surface area contributed by atoms with Gasteiger partial charge in [-0.15, -0.1) is 11.8 Å². The van der Waals surface area contributed by atoms with Gasteiger partial charge in [0.25, 0.3) is 0 Å². The molecule has 0 spiro atoms. The number of amides is 1. The second-order valence-electron chi connectivity index (χ2n) is 4.97. The average Bonchev–Trinajstić information content (AvgIpc) is 3.01. The zero-order valence-electron chi connectivity index (χ0n) is 11.0. The maximum Gasteiger partial charge on any atom is 0.240 e. The first-order valence-electron chi connectivity index (χ1n) is 6.71. The van der Waals surface area contributed by atoms with Crippen molar-refractivity contribution in [1.82, 2.24) is 10.2 Å². The second kappa shape index (κ2) is 6.11. The molecule has 108 valence electrons. The Bertz CT molecular complexity index is 477. The van der Waals surface area contributed by atoms with E-state index in [0.717, 1.165) is 17.2 Å². The van der Waals surface area contributed by atoms with Crippen LogP contribution in [0.1, 0.15) is 11.7 Å². The number of halogens is 1. The lowest BCUT2D eigenvalue weighted by Gasteiger charge is -2.34. The van der Waals surface area contributed by atoms with E-state index < -0.39 is 0 Å². The van der Waals surface area contributed by atoms with Crippen LogP contribution >= 0.6 is 11.8 Å². The van der Waals surface area contributed by atoms with E-state index in [1.807, 2.05) is 4.90 Å². The molecule has 3 rings (SSSR count). The molecule has 2 aliphatic rings. The molecular weight excluding hydrogens is 279 g/mol. The Balaban J connectivity index is 1.66. The molecule has 0 saturated carbocycles. The van der Waals surface area contributed by atoms with Gasteiger partial charge in [0.1, 0.15) is 11.9 Å². The van der Waals surface area contributed by atoms with Crippen molar-refractivity contribution < 1.29 is 13.9 Å². The average molecular weight is 296 g/mol. The number of rotatable bonds is 2. The molecule has 0 radical (unpaired) electrons. The molecule has 0 aliphatic carbocycles. The highest BCUT2D eigenvalue weighted by Gasteiger charge is 2.31. The minimum atomic E-state index is -0.260. The van der Waals surface area contributed by atoms with Crippen molar-refractivity contribution in [2.24, 2.45) is 0 Å². The number of nitrogens with zero attached hydrogens (tertiary/aromatic N) is 1. The molecular formula is C14H17FN2O2S. The lowest BCUT2D eigenvalue weighted by Crippen LogP contribution is -2.50.